The number of rotatable bonds is 8. The van der Waals surface area contributed by atoms with Gasteiger partial charge in [-0.3, -0.25) is 4.79 Å². The summed E-state index contributed by atoms with van der Waals surface area (Å²) in [4.78, 5) is 12.2. The van der Waals surface area contributed by atoms with Crippen molar-refractivity contribution in [2.45, 2.75) is 32.7 Å². The molecule has 0 bridgehead atoms. The number of methoxy groups -OCH3 is 3. The lowest BCUT2D eigenvalue weighted by molar-refractivity contribution is -0.121. The van der Waals surface area contributed by atoms with E-state index in [1.807, 2.05) is 38.1 Å². The monoisotopic (exact) mass is 347 g/mol. The Morgan fingerprint density at radius 2 is 1.76 bits per heavy atom. The van der Waals surface area contributed by atoms with Crippen LogP contribution in [-0.4, -0.2) is 27.2 Å². The molecule has 1 aromatic carbocycles. The summed E-state index contributed by atoms with van der Waals surface area (Å²) in [6.45, 7) is 3.78. The molecule has 0 fully saturated rings. The predicted molar refractivity (Wildman–Crippen MR) is 94.4 cm³/mol. The molecule has 25 heavy (non-hydrogen) atoms. The summed E-state index contributed by atoms with van der Waals surface area (Å²) < 4.78 is 21.5. The zero-order valence-electron chi connectivity index (χ0n) is 15.3. The van der Waals surface area contributed by atoms with Gasteiger partial charge in [-0.1, -0.05) is 0 Å². The summed E-state index contributed by atoms with van der Waals surface area (Å²) in [5.41, 5.74) is 0.936. The Labute approximate surface area is 148 Å². The van der Waals surface area contributed by atoms with E-state index < -0.39 is 0 Å². The molecule has 136 valence electrons. The van der Waals surface area contributed by atoms with Gasteiger partial charge in [-0.05, 0) is 50.1 Å². The second kappa shape index (κ2) is 8.46. The average Bonchev–Trinajstić information content (AvgIpc) is 3.05. The minimum atomic E-state index is -0.166. The molecular weight excluding hydrogens is 322 g/mol. The van der Waals surface area contributed by atoms with Crippen molar-refractivity contribution in [2.24, 2.45) is 0 Å². The lowest BCUT2D eigenvalue weighted by Gasteiger charge is -2.15. The number of benzene rings is 1. The standard InChI is InChI=1S/C19H25NO5/c1-12-6-8-15(25-12)13(2)20-18(21)9-7-14-10-16(22-3)19(24-5)17(11-14)23-4/h6,8,10-11,13H,7,9H2,1-5H3,(H,20,21). The van der Waals surface area contributed by atoms with E-state index in [9.17, 15) is 4.79 Å². The molecule has 0 spiro atoms. The molecule has 1 N–H and O–H groups in total. The van der Waals surface area contributed by atoms with Gasteiger partial charge < -0.3 is 23.9 Å². The molecular formula is C19H25NO5. The predicted octanol–water partition coefficient (Wildman–Crippen LogP) is 3.42. The molecule has 0 aliphatic rings. The molecule has 0 radical (unpaired) electrons. The molecule has 2 aromatic rings. The maximum absolute atomic E-state index is 12.2. The third kappa shape index (κ3) is 4.68. The third-order valence-electron chi connectivity index (χ3n) is 3.93. The Hall–Kier alpha value is -2.63. The lowest BCUT2D eigenvalue weighted by Crippen LogP contribution is -2.26. The topological polar surface area (TPSA) is 69.9 Å². The highest BCUT2D eigenvalue weighted by Gasteiger charge is 2.15. The molecule has 2 rings (SSSR count). The van der Waals surface area contributed by atoms with E-state index >= 15 is 0 Å². The van der Waals surface area contributed by atoms with Crippen molar-refractivity contribution in [3.05, 3.63) is 41.3 Å². The molecule has 1 atom stereocenters. The average molecular weight is 347 g/mol. The molecule has 1 heterocycles. The Morgan fingerprint density at radius 1 is 1.12 bits per heavy atom. The summed E-state index contributed by atoms with van der Waals surface area (Å²) in [6, 6.07) is 7.30. The molecule has 6 heteroatoms. The molecule has 1 aromatic heterocycles. The van der Waals surface area contributed by atoms with Crippen molar-refractivity contribution in [1.82, 2.24) is 5.32 Å². The number of ether oxygens (including phenoxy) is 3. The van der Waals surface area contributed by atoms with Gasteiger partial charge >= 0.3 is 0 Å². The minimum Gasteiger partial charge on any atom is -0.493 e. The second-order valence-corrected chi connectivity index (χ2v) is 5.77. The van der Waals surface area contributed by atoms with Crippen molar-refractivity contribution < 1.29 is 23.4 Å². The Kier molecular flexibility index (Phi) is 6.33. The van der Waals surface area contributed by atoms with Gasteiger partial charge in [0.05, 0.1) is 27.4 Å². The highest BCUT2D eigenvalue weighted by Crippen LogP contribution is 2.38. The van der Waals surface area contributed by atoms with Gasteiger partial charge in [-0.25, -0.2) is 0 Å². The van der Waals surface area contributed by atoms with Gasteiger partial charge in [0.1, 0.15) is 11.5 Å². The van der Waals surface area contributed by atoms with Gasteiger partial charge in [0, 0.05) is 6.42 Å². The van der Waals surface area contributed by atoms with Crippen molar-refractivity contribution in [1.29, 1.82) is 0 Å². The van der Waals surface area contributed by atoms with Crippen molar-refractivity contribution in [2.75, 3.05) is 21.3 Å². The van der Waals surface area contributed by atoms with Gasteiger partial charge in [-0.2, -0.15) is 0 Å². The van der Waals surface area contributed by atoms with Crippen LogP contribution in [0.5, 0.6) is 17.2 Å². The fourth-order valence-electron chi connectivity index (χ4n) is 2.61. The van der Waals surface area contributed by atoms with Crippen LogP contribution in [0.2, 0.25) is 0 Å². The summed E-state index contributed by atoms with van der Waals surface area (Å²) in [5.74, 6) is 3.23. The van der Waals surface area contributed by atoms with Crippen LogP contribution in [0.15, 0.2) is 28.7 Å². The zero-order chi connectivity index (χ0) is 18.4. The number of furan rings is 1. The molecule has 1 unspecified atom stereocenters. The molecule has 1 amide bonds. The van der Waals surface area contributed by atoms with Crippen LogP contribution in [0.25, 0.3) is 0 Å². The summed E-state index contributed by atoms with van der Waals surface area (Å²) in [6.07, 6.45) is 0.912. The summed E-state index contributed by atoms with van der Waals surface area (Å²) >= 11 is 0. The molecule has 6 nitrogen and oxygen atoms in total. The van der Waals surface area contributed by atoms with E-state index in [-0.39, 0.29) is 11.9 Å². The van der Waals surface area contributed by atoms with E-state index in [4.69, 9.17) is 18.6 Å². The Balaban J connectivity index is 1.99. The highest BCUT2D eigenvalue weighted by molar-refractivity contribution is 5.76. The first-order valence-electron chi connectivity index (χ1n) is 8.13. The van der Waals surface area contributed by atoms with Gasteiger partial charge in [0.2, 0.25) is 11.7 Å². The molecule has 0 saturated carbocycles. The Bertz CT molecular complexity index is 697. The van der Waals surface area contributed by atoms with Gasteiger partial charge in [0.15, 0.2) is 11.5 Å². The van der Waals surface area contributed by atoms with E-state index in [0.29, 0.717) is 30.1 Å². The van der Waals surface area contributed by atoms with Crippen LogP contribution in [0.4, 0.5) is 0 Å². The van der Waals surface area contributed by atoms with Crippen LogP contribution in [0, 0.1) is 6.92 Å². The highest BCUT2D eigenvalue weighted by atomic mass is 16.5. The summed E-state index contributed by atoms with van der Waals surface area (Å²) in [5, 5.41) is 2.94. The first-order valence-corrected chi connectivity index (χ1v) is 8.13. The fraction of sp³-hybridized carbons (Fsp3) is 0.421. The van der Waals surface area contributed by atoms with E-state index in [2.05, 4.69) is 5.32 Å². The second-order valence-electron chi connectivity index (χ2n) is 5.77. The molecule has 0 aliphatic heterocycles. The number of carbonyl (C=O) groups is 1. The normalized spacial score (nSPS) is 11.7. The minimum absolute atomic E-state index is 0.0460. The van der Waals surface area contributed by atoms with Crippen LogP contribution >= 0.6 is 0 Å². The summed E-state index contributed by atoms with van der Waals surface area (Å²) in [7, 11) is 4.70. The quantitative estimate of drug-likeness (QED) is 0.792. The number of hydrogen-bond acceptors (Lipinski definition) is 5. The van der Waals surface area contributed by atoms with Crippen LogP contribution in [0.3, 0.4) is 0 Å². The zero-order valence-corrected chi connectivity index (χ0v) is 15.3. The molecule has 0 aliphatic carbocycles. The maximum atomic E-state index is 12.2. The van der Waals surface area contributed by atoms with Crippen LogP contribution in [0.1, 0.15) is 36.5 Å². The largest absolute Gasteiger partial charge is 0.493 e. The van der Waals surface area contributed by atoms with Crippen molar-refractivity contribution >= 4 is 5.91 Å². The first-order chi connectivity index (χ1) is 12.0. The smallest absolute Gasteiger partial charge is 0.220 e. The van der Waals surface area contributed by atoms with E-state index in [1.165, 1.54) is 0 Å². The fourth-order valence-corrected chi connectivity index (χ4v) is 2.61. The molecule has 0 saturated heterocycles. The Morgan fingerprint density at radius 3 is 2.24 bits per heavy atom. The van der Waals surface area contributed by atoms with E-state index in [0.717, 1.165) is 17.1 Å². The van der Waals surface area contributed by atoms with Crippen LogP contribution in [-0.2, 0) is 11.2 Å². The van der Waals surface area contributed by atoms with Gasteiger partial charge in [-0.15, -0.1) is 0 Å². The SMILES string of the molecule is COc1cc(CCC(=O)NC(C)c2ccc(C)o2)cc(OC)c1OC. The number of nitrogens with one attached hydrogen (secondary N) is 1. The first kappa shape index (κ1) is 18.7. The van der Waals surface area contributed by atoms with Crippen molar-refractivity contribution in [3.63, 3.8) is 0 Å². The number of amides is 1. The van der Waals surface area contributed by atoms with Gasteiger partial charge in [0.25, 0.3) is 0 Å². The number of hydrogen-bond donors (Lipinski definition) is 1. The number of aryl methyl sites for hydroxylation is 2. The number of carbonyl (C=O) groups excluding carboxylic acids is 1. The van der Waals surface area contributed by atoms with Crippen LogP contribution < -0.4 is 19.5 Å². The lowest BCUT2D eigenvalue weighted by atomic mass is 10.1. The van der Waals surface area contributed by atoms with E-state index in [1.54, 1.807) is 21.3 Å². The maximum Gasteiger partial charge on any atom is 0.220 e. The van der Waals surface area contributed by atoms with Crippen molar-refractivity contribution in [3.8, 4) is 17.2 Å². The third-order valence-corrected chi connectivity index (χ3v) is 3.93.